The molecular weight excluding hydrogens is 411 g/mol. The zero-order chi connectivity index (χ0) is 21.9. The Balaban J connectivity index is 1.68. The summed E-state index contributed by atoms with van der Waals surface area (Å²) in [7, 11) is 0. The maximum atomic E-state index is 6.32. The van der Waals surface area contributed by atoms with E-state index >= 15 is 0 Å². The molecule has 0 saturated carbocycles. The highest BCUT2D eigenvalue weighted by molar-refractivity contribution is 6.35. The summed E-state index contributed by atoms with van der Waals surface area (Å²) in [5, 5.41) is 1.54. The van der Waals surface area contributed by atoms with Gasteiger partial charge in [-0.25, -0.2) is 0 Å². The van der Waals surface area contributed by atoms with Crippen molar-refractivity contribution in [3.63, 3.8) is 0 Å². The van der Waals surface area contributed by atoms with Crippen LogP contribution in [0.2, 0.25) is 10.0 Å². The molecule has 1 heterocycles. The fourth-order valence-corrected chi connectivity index (χ4v) is 4.18. The number of rotatable bonds is 10. The van der Waals surface area contributed by atoms with Gasteiger partial charge in [0.25, 0.3) is 0 Å². The first-order valence-electron chi connectivity index (χ1n) is 11.2. The fourth-order valence-electron chi connectivity index (χ4n) is 3.66. The smallest absolute Gasteiger partial charge is 0.0465 e. The molecule has 166 valence electrons. The second-order valence-electron chi connectivity index (χ2n) is 8.74. The summed E-state index contributed by atoms with van der Waals surface area (Å²) in [4.78, 5) is 4.98. The van der Waals surface area contributed by atoms with Gasteiger partial charge in [0.2, 0.25) is 0 Å². The van der Waals surface area contributed by atoms with E-state index in [4.69, 9.17) is 23.2 Å². The van der Waals surface area contributed by atoms with Gasteiger partial charge < -0.3 is 0 Å². The van der Waals surface area contributed by atoms with Gasteiger partial charge in [0.05, 0.1) is 0 Å². The van der Waals surface area contributed by atoms with Gasteiger partial charge in [0, 0.05) is 54.9 Å². The first-order chi connectivity index (χ1) is 14.3. The molecule has 30 heavy (non-hydrogen) atoms. The molecule has 1 aromatic carbocycles. The van der Waals surface area contributed by atoms with Crippen LogP contribution < -0.4 is 0 Å². The van der Waals surface area contributed by atoms with Crippen molar-refractivity contribution >= 4 is 23.2 Å². The minimum Gasteiger partial charge on any atom is -0.297 e. The van der Waals surface area contributed by atoms with Crippen LogP contribution in [0, 0.1) is 0 Å². The standard InChI is InChI=1S/C26H38Cl2N2/c1-21(2)8-5-9-22(3)10-6-11-23(4)14-15-29-16-18-30(19-17-29)20-24-25(27)12-7-13-26(24)28/h7-8,10,12-14H,5-6,9,11,15-20H2,1-4H3. The molecule has 4 heteroatoms. The molecule has 1 aliphatic heterocycles. The molecule has 1 saturated heterocycles. The van der Waals surface area contributed by atoms with E-state index in [1.54, 1.807) is 0 Å². The third-order valence-corrected chi connectivity index (χ3v) is 6.44. The normalized spacial score (nSPS) is 16.7. The fraction of sp³-hybridized carbons (Fsp3) is 0.538. The molecule has 0 bridgehead atoms. The number of allylic oxidation sites excluding steroid dienone is 5. The zero-order valence-electron chi connectivity index (χ0n) is 19.2. The maximum Gasteiger partial charge on any atom is 0.0465 e. The van der Waals surface area contributed by atoms with E-state index < -0.39 is 0 Å². The minimum atomic E-state index is 0.768. The Morgan fingerprint density at radius 2 is 1.33 bits per heavy atom. The van der Waals surface area contributed by atoms with Gasteiger partial charge in [-0.3, -0.25) is 9.80 Å². The zero-order valence-corrected chi connectivity index (χ0v) is 20.7. The molecule has 1 aliphatic rings. The highest BCUT2D eigenvalue weighted by atomic mass is 35.5. The molecule has 2 nitrogen and oxygen atoms in total. The predicted octanol–water partition coefficient (Wildman–Crippen LogP) is 7.53. The molecular formula is C26H38Cl2N2. The average Bonchev–Trinajstić information content (AvgIpc) is 2.70. The summed E-state index contributed by atoms with van der Waals surface area (Å²) in [6, 6.07) is 5.75. The Morgan fingerprint density at radius 1 is 0.800 bits per heavy atom. The van der Waals surface area contributed by atoms with E-state index in [2.05, 4.69) is 55.7 Å². The number of benzene rings is 1. The number of halogens is 2. The Kier molecular flexibility index (Phi) is 11.2. The van der Waals surface area contributed by atoms with E-state index in [0.717, 1.165) is 74.1 Å². The van der Waals surface area contributed by atoms with Crippen LogP contribution in [0.25, 0.3) is 0 Å². The van der Waals surface area contributed by atoms with Gasteiger partial charge in [-0.05, 0) is 65.5 Å². The van der Waals surface area contributed by atoms with Crippen molar-refractivity contribution in [2.75, 3.05) is 32.7 Å². The van der Waals surface area contributed by atoms with Crippen molar-refractivity contribution in [2.45, 2.75) is 59.9 Å². The van der Waals surface area contributed by atoms with E-state index in [1.165, 1.54) is 23.1 Å². The molecule has 0 aromatic heterocycles. The van der Waals surface area contributed by atoms with Gasteiger partial charge in [0.1, 0.15) is 0 Å². The van der Waals surface area contributed by atoms with Crippen LogP contribution in [-0.2, 0) is 6.54 Å². The SMILES string of the molecule is CC(C)=CCCC(C)=CCCC(C)=CCN1CCN(Cc2c(Cl)cccc2Cl)CC1. The topological polar surface area (TPSA) is 6.48 Å². The molecule has 0 aliphatic carbocycles. The van der Waals surface area contributed by atoms with Crippen molar-refractivity contribution in [1.82, 2.24) is 9.80 Å². The highest BCUT2D eigenvalue weighted by Crippen LogP contribution is 2.26. The molecule has 1 fully saturated rings. The number of hydrogen-bond donors (Lipinski definition) is 0. The van der Waals surface area contributed by atoms with Crippen molar-refractivity contribution < 1.29 is 0 Å². The number of nitrogens with zero attached hydrogens (tertiary/aromatic N) is 2. The van der Waals surface area contributed by atoms with Crippen molar-refractivity contribution in [1.29, 1.82) is 0 Å². The molecule has 0 spiro atoms. The number of piperazine rings is 1. The Bertz CT molecular complexity index is 732. The maximum absolute atomic E-state index is 6.32. The van der Waals surface area contributed by atoms with E-state index in [9.17, 15) is 0 Å². The summed E-state index contributed by atoms with van der Waals surface area (Å²) in [6.45, 7) is 15.0. The minimum absolute atomic E-state index is 0.768. The summed E-state index contributed by atoms with van der Waals surface area (Å²) >= 11 is 12.6. The third kappa shape index (κ3) is 9.39. The first-order valence-corrected chi connectivity index (χ1v) is 11.9. The summed E-state index contributed by atoms with van der Waals surface area (Å²) in [6.07, 6.45) is 11.8. The highest BCUT2D eigenvalue weighted by Gasteiger charge is 2.18. The lowest BCUT2D eigenvalue weighted by Crippen LogP contribution is -2.45. The quantitative estimate of drug-likeness (QED) is 0.341. The molecule has 2 rings (SSSR count). The molecule has 1 aromatic rings. The number of hydrogen-bond acceptors (Lipinski definition) is 2. The molecule has 0 radical (unpaired) electrons. The summed E-state index contributed by atoms with van der Waals surface area (Å²) in [5.41, 5.74) is 5.47. The van der Waals surface area contributed by atoms with Gasteiger partial charge in [-0.1, -0.05) is 64.2 Å². The third-order valence-electron chi connectivity index (χ3n) is 5.73. The van der Waals surface area contributed by atoms with Gasteiger partial charge in [0.15, 0.2) is 0 Å². The van der Waals surface area contributed by atoms with Crippen LogP contribution in [0.15, 0.2) is 53.1 Å². The van der Waals surface area contributed by atoms with E-state index in [-0.39, 0.29) is 0 Å². The predicted molar refractivity (Wildman–Crippen MR) is 134 cm³/mol. The van der Waals surface area contributed by atoms with Crippen molar-refractivity contribution in [2.24, 2.45) is 0 Å². The lowest BCUT2D eigenvalue weighted by atomic mass is 10.1. The summed E-state index contributed by atoms with van der Waals surface area (Å²) in [5.74, 6) is 0. The lowest BCUT2D eigenvalue weighted by molar-refractivity contribution is 0.137. The van der Waals surface area contributed by atoms with Crippen LogP contribution in [0.3, 0.4) is 0 Å². The van der Waals surface area contributed by atoms with E-state index in [1.807, 2.05) is 18.2 Å². The van der Waals surface area contributed by atoms with Crippen molar-refractivity contribution in [3.8, 4) is 0 Å². The molecule has 0 amide bonds. The Hall–Kier alpha value is -1.06. The molecule has 0 N–H and O–H groups in total. The summed E-state index contributed by atoms with van der Waals surface area (Å²) < 4.78 is 0. The molecule has 0 unspecified atom stereocenters. The Morgan fingerprint density at radius 3 is 1.93 bits per heavy atom. The van der Waals surface area contributed by atoms with Crippen LogP contribution in [0.4, 0.5) is 0 Å². The Labute approximate surface area is 194 Å². The first kappa shape index (κ1) is 25.2. The van der Waals surface area contributed by atoms with Crippen LogP contribution in [0.1, 0.15) is 58.9 Å². The second kappa shape index (κ2) is 13.4. The van der Waals surface area contributed by atoms with Gasteiger partial charge in [-0.15, -0.1) is 0 Å². The average molecular weight is 450 g/mol. The van der Waals surface area contributed by atoms with Gasteiger partial charge >= 0.3 is 0 Å². The largest absolute Gasteiger partial charge is 0.297 e. The lowest BCUT2D eigenvalue weighted by Gasteiger charge is -2.34. The van der Waals surface area contributed by atoms with Gasteiger partial charge in [-0.2, -0.15) is 0 Å². The van der Waals surface area contributed by atoms with E-state index in [0.29, 0.717) is 0 Å². The molecule has 0 atom stereocenters. The second-order valence-corrected chi connectivity index (χ2v) is 9.55. The van der Waals surface area contributed by atoms with Crippen LogP contribution in [-0.4, -0.2) is 42.5 Å². The van der Waals surface area contributed by atoms with Crippen molar-refractivity contribution in [3.05, 3.63) is 68.8 Å². The monoisotopic (exact) mass is 448 g/mol. The van der Waals surface area contributed by atoms with Crippen LogP contribution >= 0.6 is 23.2 Å². The van der Waals surface area contributed by atoms with Crippen LogP contribution in [0.5, 0.6) is 0 Å².